The number of nitrogens with one attached hydrogen (secondary N) is 1. The van der Waals surface area contributed by atoms with Gasteiger partial charge in [-0.1, -0.05) is 24.3 Å². The minimum Gasteiger partial charge on any atom is -0.348 e. The van der Waals surface area contributed by atoms with Gasteiger partial charge in [0.2, 0.25) is 5.91 Å². The van der Waals surface area contributed by atoms with Crippen molar-refractivity contribution in [1.29, 1.82) is 0 Å². The molecule has 1 atom stereocenters. The highest BCUT2D eigenvalue weighted by atomic mass is 16.1. The van der Waals surface area contributed by atoms with Gasteiger partial charge in [-0.2, -0.15) is 0 Å². The number of aryl methyl sites for hydroxylation is 2. The van der Waals surface area contributed by atoms with Crippen LogP contribution in [0.5, 0.6) is 0 Å². The molecule has 5 nitrogen and oxygen atoms in total. The molecule has 1 aromatic heterocycles. The highest BCUT2D eigenvalue weighted by Crippen LogP contribution is 2.31. The Morgan fingerprint density at radius 3 is 3.04 bits per heavy atom. The van der Waals surface area contributed by atoms with Crippen LogP contribution in [-0.4, -0.2) is 20.7 Å². The first-order valence-corrected chi connectivity index (χ1v) is 8.59. The van der Waals surface area contributed by atoms with Crippen molar-refractivity contribution in [3.63, 3.8) is 0 Å². The molecule has 1 aliphatic heterocycles. The Bertz CT molecular complexity index is 722. The van der Waals surface area contributed by atoms with Crippen LogP contribution in [0.15, 0.2) is 24.3 Å². The number of aromatic nitrogens is 3. The molecular weight excluding hydrogens is 288 g/mol. The van der Waals surface area contributed by atoms with Crippen LogP contribution in [0.3, 0.4) is 0 Å². The molecule has 0 spiro atoms. The molecule has 0 saturated heterocycles. The van der Waals surface area contributed by atoms with Crippen molar-refractivity contribution in [2.75, 3.05) is 0 Å². The maximum Gasteiger partial charge on any atom is 0.227 e. The molecule has 5 heteroatoms. The standard InChI is InChI=1S/C18H22N4O/c23-18(15-9-5-7-13-6-1-2-8-14(13)15)19-12-17-21-20-16-10-3-4-11-22(16)17/h1-2,6,8,15H,3-5,7,9-12H2,(H,19,23). The van der Waals surface area contributed by atoms with Crippen LogP contribution in [0.4, 0.5) is 0 Å². The zero-order chi connectivity index (χ0) is 15.6. The van der Waals surface area contributed by atoms with Crippen LogP contribution in [0, 0.1) is 0 Å². The van der Waals surface area contributed by atoms with E-state index in [1.807, 2.05) is 6.07 Å². The number of rotatable bonds is 3. The third kappa shape index (κ3) is 2.76. The topological polar surface area (TPSA) is 59.8 Å². The lowest BCUT2D eigenvalue weighted by molar-refractivity contribution is -0.123. The lowest BCUT2D eigenvalue weighted by Gasteiger charge is -2.24. The van der Waals surface area contributed by atoms with Gasteiger partial charge < -0.3 is 9.88 Å². The van der Waals surface area contributed by atoms with Gasteiger partial charge in [-0.05, 0) is 43.2 Å². The number of carbonyl (C=O) groups is 1. The number of fused-ring (bicyclic) bond motifs is 2. The zero-order valence-electron chi connectivity index (χ0n) is 13.3. The van der Waals surface area contributed by atoms with Crippen molar-refractivity contribution in [3.8, 4) is 0 Å². The minimum absolute atomic E-state index is 0.0244. The molecule has 120 valence electrons. The molecule has 1 aromatic carbocycles. The van der Waals surface area contributed by atoms with Crippen molar-refractivity contribution < 1.29 is 4.79 Å². The van der Waals surface area contributed by atoms with Crippen LogP contribution < -0.4 is 5.32 Å². The van der Waals surface area contributed by atoms with E-state index in [-0.39, 0.29) is 11.8 Å². The van der Waals surface area contributed by atoms with Gasteiger partial charge in [-0.15, -0.1) is 10.2 Å². The summed E-state index contributed by atoms with van der Waals surface area (Å²) in [4.78, 5) is 12.7. The predicted molar refractivity (Wildman–Crippen MR) is 86.9 cm³/mol. The van der Waals surface area contributed by atoms with Gasteiger partial charge >= 0.3 is 0 Å². The quantitative estimate of drug-likeness (QED) is 0.946. The molecule has 4 rings (SSSR count). The second kappa shape index (κ2) is 6.14. The maximum atomic E-state index is 12.7. The van der Waals surface area contributed by atoms with E-state index in [2.05, 4.69) is 38.3 Å². The van der Waals surface area contributed by atoms with Crippen LogP contribution in [0.25, 0.3) is 0 Å². The Balaban J connectivity index is 1.46. The molecule has 0 saturated carbocycles. The van der Waals surface area contributed by atoms with Gasteiger partial charge in [0.15, 0.2) is 5.82 Å². The van der Waals surface area contributed by atoms with Crippen LogP contribution in [0.2, 0.25) is 0 Å². The number of nitrogens with zero attached hydrogens (tertiary/aromatic N) is 3. The molecule has 0 radical (unpaired) electrons. The Labute approximate surface area is 136 Å². The van der Waals surface area contributed by atoms with Gasteiger partial charge in [0.05, 0.1) is 12.5 Å². The summed E-state index contributed by atoms with van der Waals surface area (Å²) in [6.45, 7) is 1.45. The van der Waals surface area contributed by atoms with Gasteiger partial charge in [0.1, 0.15) is 5.82 Å². The number of hydrogen-bond donors (Lipinski definition) is 1. The number of hydrogen-bond acceptors (Lipinski definition) is 3. The summed E-state index contributed by atoms with van der Waals surface area (Å²) in [5.41, 5.74) is 2.51. The summed E-state index contributed by atoms with van der Waals surface area (Å²) in [7, 11) is 0. The molecule has 0 bridgehead atoms. The van der Waals surface area contributed by atoms with Gasteiger partial charge in [-0.3, -0.25) is 4.79 Å². The third-order valence-corrected chi connectivity index (χ3v) is 5.04. The first-order valence-electron chi connectivity index (χ1n) is 8.59. The van der Waals surface area contributed by atoms with Crippen LogP contribution >= 0.6 is 0 Å². The molecule has 0 fully saturated rings. The number of benzene rings is 1. The largest absolute Gasteiger partial charge is 0.348 e. The summed E-state index contributed by atoms with van der Waals surface area (Å²) < 4.78 is 2.17. The van der Waals surface area contributed by atoms with Gasteiger partial charge in [0.25, 0.3) is 0 Å². The predicted octanol–water partition coefficient (Wildman–Crippen LogP) is 2.35. The highest BCUT2D eigenvalue weighted by molar-refractivity contribution is 5.84. The van der Waals surface area contributed by atoms with Crippen LogP contribution in [0.1, 0.15) is 54.4 Å². The van der Waals surface area contributed by atoms with E-state index in [0.717, 1.165) is 43.9 Å². The van der Waals surface area contributed by atoms with E-state index in [0.29, 0.717) is 6.54 Å². The van der Waals surface area contributed by atoms with Crippen molar-refractivity contribution >= 4 is 5.91 Å². The van der Waals surface area contributed by atoms with Crippen LogP contribution in [-0.2, 0) is 30.7 Å². The highest BCUT2D eigenvalue weighted by Gasteiger charge is 2.26. The summed E-state index contributed by atoms with van der Waals surface area (Å²) in [6, 6.07) is 8.32. The first-order chi connectivity index (χ1) is 11.3. The lowest BCUT2D eigenvalue weighted by atomic mass is 9.82. The number of carbonyl (C=O) groups excluding carboxylic acids is 1. The van der Waals surface area contributed by atoms with E-state index >= 15 is 0 Å². The van der Waals surface area contributed by atoms with Crippen molar-refractivity contribution in [2.45, 2.75) is 57.5 Å². The minimum atomic E-state index is -0.0244. The van der Waals surface area contributed by atoms with E-state index in [1.165, 1.54) is 24.0 Å². The van der Waals surface area contributed by atoms with Gasteiger partial charge in [-0.25, -0.2) is 0 Å². The van der Waals surface area contributed by atoms with E-state index in [4.69, 9.17) is 0 Å². The van der Waals surface area contributed by atoms with Crippen molar-refractivity contribution in [3.05, 3.63) is 47.0 Å². The average Bonchev–Trinajstić information content (AvgIpc) is 3.02. The molecule has 2 aliphatic rings. The molecule has 1 amide bonds. The fourth-order valence-electron chi connectivity index (χ4n) is 3.81. The SMILES string of the molecule is O=C(NCc1nnc2n1CCCC2)C1CCCc2ccccc21. The Hall–Kier alpha value is -2.17. The summed E-state index contributed by atoms with van der Waals surface area (Å²) >= 11 is 0. The molecule has 2 heterocycles. The zero-order valence-corrected chi connectivity index (χ0v) is 13.3. The summed E-state index contributed by atoms with van der Waals surface area (Å²) in [5.74, 6) is 2.04. The first kappa shape index (κ1) is 14.4. The Kier molecular flexibility index (Phi) is 3.85. The smallest absolute Gasteiger partial charge is 0.227 e. The molecular formula is C18H22N4O. The monoisotopic (exact) mass is 310 g/mol. The Morgan fingerprint density at radius 2 is 2.09 bits per heavy atom. The fourth-order valence-corrected chi connectivity index (χ4v) is 3.81. The Morgan fingerprint density at radius 1 is 1.17 bits per heavy atom. The van der Waals surface area contributed by atoms with Crippen molar-refractivity contribution in [1.82, 2.24) is 20.1 Å². The van der Waals surface area contributed by atoms with Gasteiger partial charge in [0, 0.05) is 13.0 Å². The molecule has 1 aliphatic carbocycles. The lowest BCUT2D eigenvalue weighted by Crippen LogP contribution is -2.32. The second-order valence-corrected chi connectivity index (χ2v) is 6.50. The van der Waals surface area contributed by atoms with E-state index in [1.54, 1.807) is 0 Å². The third-order valence-electron chi connectivity index (χ3n) is 5.04. The second-order valence-electron chi connectivity index (χ2n) is 6.50. The van der Waals surface area contributed by atoms with E-state index < -0.39 is 0 Å². The summed E-state index contributed by atoms with van der Waals surface area (Å²) in [6.07, 6.45) is 6.44. The van der Waals surface area contributed by atoms with Crippen molar-refractivity contribution in [2.24, 2.45) is 0 Å². The number of amides is 1. The molecule has 2 aromatic rings. The fraction of sp³-hybridized carbons (Fsp3) is 0.500. The summed E-state index contributed by atoms with van der Waals surface area (Å²) in [5, 5.41) is 11.6. The average molecular weight is 310 g/mol. The molecule has 1 unspecified atom stereocenters. The normalized spacial score (nSPS) is 19.7. The molecule has 23 heavy (non-hydrogen) atoms. The van der Waals surface area contributed by atoms with E-state index in [9.17, 15) is 4.79 Å². The molecule has 1 N–H and O–H groups in total. The maximum absolute atomic E-state index is 12.7.